The number of hydrazine groups is 1. The van der Waals surface area contributed by atoms with E-state index in [0.717, 1.165) is 5.56 Å². The van der Waals surface area contributed by atoms with Crippen LogP contribution in [0.5, 0.6) is 11.6 Å². The monoisotopic (exact) mass is 319 g/mol. The minimum Gasteiger partial charge on any atom is -0.438 e. The maximum atomic E-state index is 8.60. The van der Waals surface area contributed by atoms with Crippen LogP contribution in [0, 0.1) is 11.3 Å². The van der Waals surface area contributed by atoms with E-state index in [9.17, 15) is 0 Å². The van der Waals surface area contributed by atoms with Gasteiger partial charge < -0.3 is 10.2 Å². The van der Waals surface area contributed by atoms with Crippen molar-refractivity contribution in [2.45, 2.75) is 6.42 Å². The summed E-state index contributed by atoms with van der Waals surface area (Å²) in [6, 6.07) is 9.29. The topological polar surface area (TPSA) is 96.8 Å². The van der Waals surface area contributed by atoms with E-state index >= 15 is 0 Å². The highest BCUT2D eigenvalue weighted by molar-refractivity contribution is 9.10. The Morgan fingerprint density at radius 2 is 2.05 bits per heavy atom. The highest BCUT2D eigenvalue weighted by Crippen LogP contribution is 2.31. The lowest BCUT2D eigenvalue weighted by Crippen LogP contribution is -2.09. The Morgan fingerprint density at radius 3 is 2.68 bits per heavy atom. The maximum absolute atomic E-state index is 8.60. The van der Waals surface area contributed by atoms with Crippen LogP contribution in [0.1, 0.15) is 5.56 Å². The summed E-state index contributed by atoms with van der Waals surface area (Å²) in [6.45, 7) is 0. The summed E-state index contributed by atoms with van der Waals surface area (Å²) in [5.74, 6) is 6.72. The van der Waals surface area contributed by atoms with Crippen LogP contribution < -0.4 is 16.0 Å². The third-order valence-corrected chi connectivity index (χ3v) is 3.03. The second kappa shape index (κ2) is 6.13. The van der Waals surface area contributed by atoms with Gasteiger partial charge in [0.1, 0.15) is 16.5 Å². The molecule has 0 unspecified atom stereocenters. The largest absolute Gasteiger partial charge is 0.438 e. The minimum absolute atomic E-state index is 0.357. The third-order valence-electron chi connectivity index (χ3n) is 2.32. The van der Waals surface area contributed by atoms with Crippen molar-refractivity contribution < 1.29 is 4.74 Å². The molecule has 0 bridgehead atoms. The smallest absolute Gasteiger partial charge is 0.238 e. The third kappa shape index (κ3) is 3.19. The standard InChI is InChI=1S/C12H10BrN5O/c13-10-11(18-15)16-7-17-12(10)19-9-3-1-8(2-4-9)5-6-14/h1-4,7H,5,15H2,(H,16,17,18). The van der Waals surface area contributed by atoms with Crippen LogP contribution in [0.3, 0.4) is 0 Å². The Kier molecular flexibility index (Phi) is 4.28. The maximum Gasteiger partial charge on any atom is 0.238 e. The van der Waals surface area contributed by atoms with Crippen molar-refractivity contribution in [3.05, 3.63) is 40.6 Å². The molecule has 1 heterocycles. The molecule has 2 rings (SSSR count). The number of anilines is 1. The second-order valence-electron chi connectivity index (χ2n) is 3.57. The molecule has 19 heavy (non-hydrogen) atoms. The van der Waals surface area contributed by atoms with Gasteiger partial charge in [-0.15, -0.1) is 0 Å². The summed E-state index contributed by atoms with van der Waals surface area (Å²) in [5, 5.41) is 8.60. The summed E-state index contributed by atoms with van der Waals surface area (Å²) < 4.78 is 6.15. The van der Waals surface area contributed by atoms with E-state index in [4.69, 9.17) is 15.8 Å². The van der Waals surface area contributed by atoms with Gasteiger partial charge in [0.15, 0.2) is 5.82 Å². The Bertz CT molecular complexity index is 609. The van der Waals surface area contributed by atoms with Gasteiger partial charge in [0, 0.05) is 0 Å². The molecule has 0 fully saturated rings. The fraction of sp³-hybridized carbons (Fsp3) is 0.0833. The lowest BCUT2D eigenvalue weighted by molar-refractivity contribution is 0.458. The van der Waals surface area contributed by atoms with Crippen molar-refractivity contribution in [2.24, 2.45) is 5.84 Å². The molecule has 96 valence electrons. The molecule has 6 nitrogen and oxygen atoms in total. The van der Waals surface area contributed by atoms with Gasteiger partial charge in [-0.05, 0) is 33.6 Å². The summed E-state index contributed by atoms with van der Waals surface area (Å²) >= 11 is 3.30. The van der Waals surface area contributed by atoms with E-state index in [1.165, 1.54) is 6.33 Å². The van der Waals surface area contributed by atoms with Gasteiger partial charge in [-0.3, -0.25) is 0 Å². The van der Waals surface area contributed by atoms with Crippen molar-refractivity contribution in [2.75, 3.05) is 5.43 Å². The first-order valence-electron chi connectivity index (χ1n) is 5.35. The van der Waals surface area contributed by atoms with Crippen molar-refractivity contribution in [3.8, 4) is 17.7 Å². The lowest BCUT2D eigenvalue weighted by Gasteiger charge is -2.08. The number of ether oxygens (including phenoxy) is 1. The van der Waals surface area contributed by atoms with Crippen LogP contribution in [0.4, 0.5) is 5.82 Å². The van der Waals surface area contributed by atoms with Crippen molar-refractivity contribution in [3.63, 3.8) is 0 Å². The molecular formula is C12H10BrN5O. The summed E-state index contributed by atoms with van der Waals surface area (Å²) in [6.07, 6.45) is 1.72. The Labute approximate surface area is 118 Å². The summed E-state index contributed by atoms with van der Waals surface area (Å²) in [5.41, 5.74) is 3.36. The van der Waals surface area contributed by atoms with Crippen molar-refractivity contribution in [1.82, 2.24) is 9.97 Å². The summed E-state index contributed by atoms with van der Waals surface area (Å²) in [4.78, 5) is 7.94. The molecule has 0 saturated heterocycles. The number of hydrogen-bond acceptors (Lipinski definition) is 6. The average Bonchev–Trinajstić information content (AvgIpc) is 2.43. The molecule has 0 atom stereocenters. The molecule has 0 aliphatic heterocycles. The normalized spacial score (nSPS) is 9.74. The van der Waals surface area contributed by atoms with Gasteiger partial charge in [-0.2, -0.15) is 5.26 Å². The zero-order chi connectivity index (χ0) is 13.7. The molecule has 7 heteroatoms. The van der Waals surface area contributed by atoms with E-state index in [1.54, 1.807) is 12.1 Å². The minimum atomic E-state index is 0.357. The first kappa shape index (κ1) is 13.3. The molecule has 2 aromatic rings. The van der Waals surface area contributed by atoms with Crippen LogP contribution in [-0.4, -0.2) is 9.97 Å². The molecule has 0 amide bonds. The van der Waals surface area contributed by atoms with E-state index in [2.05, 4.69) is 37.4 Å². The highest BCUT2D eigenvalue weighted by atomic mass is 79.9. The Morgan fingerprint density at radius 1 is 1.32 bits per heavy atom. The van der Waals surface area contributed by atoms with Gasteiger partial charge >= 0.3 is 0 Å². The second-order valence-corrected chi connectivity index (χ2v) is 4.36. The van der Waals surface area contributed by atoms with Crippen molar-refractivity contribution >= 4 is 21.7 Å². The highest BCUT2D eigenvalue weighted by Gasteiger charge is 2.09. The van der Waals surface area contributed by atoms with Gasteiger partial charge in [0.25, 0.3) is 0 Å². The lowest BCUT2D eigenvalue weighted by atomic mass is 10.2. The Hall–Kier alpha value is -2.17. The molecule has 0 saturated carbocycles. The molecular weight excluding hydrogens is 310 g/mol. The van der Waals surface area contributed by atoms with Gasteiger partial charge in [0.05, 0.1) is 12.5 Å². The predicted octanol–water partition coefficient (Wildman–Crippen LogP) is 2.38. The molecule has 0 spiro atoms. The number of nitrogens with one attached hydrogen (secondary N) is 1. The SMILES string of the molecule is N#CCc1ccc(Oc2ncnc(NN)c2Br)cc1. The Balaban J connectivity index is 2.19. The van der Waals surface area contributed by atoms with E-state index in [1.807, 2.05) is 12.1 Å². The van der Waals surface area contributed by atoms with Gasteiger partial charge in [-0.1, -0.05) is 12.1 Å². The average molecular weight is 320 g/mol. The number of nitrogens with two attached hydrogens (primary N) is 1. The van der Waals surface area contributed by atoms with Gasteiger partial charge in [0.2, 0.25) is 5.88 Å². The van der Waals surface area contributed by atoms with Crippen molar-refractivity contribution in [1.29, 1.82) is 5.26 Å². The van der Waals surface area contributed by atoms with Crippen LogP contribution in [0.25, 0.3) is 0 Å². The number of benzene rings is 1. The van der Waals surface area contributed by atoms with Gasteiger partial charge in [-0.25, -0.2) is 15.8 Å². The van der Waals surface area contributed by atoms with Crippen LogP contribution >= 0.6 is 15.9 Å². The number of nitrogens with zero attached hydrogens (tertiary/aromatic N) is 3. The molecule has 1 aromatic heterocycles. The number of halogens is 1. The fourth-order valence-electron chi connectivity index (χ4n) is 1.40. The van der Waals surface area contributed by atoms with Crippen LogP contribution in [0.2, 0.25) is 0 Å². The number of rotatable bonds is 4. The van der Waals surface area contributed by atoms with E-state index in [0.29, 0.717) is 28.3 Å². The first-order valence-corrected chi connectivity index (χ1v) is 6.14. The number of nitriles is 1. The predicted molar refractivity (Wildman–Crippen MR) is 73.4 cm³/mol. The number of nitrogen functional groups attached to an aromatic ring is 1. The zero-order valence-electron chi connectivity index (χ0n) is 9.80. The zero-order valence-corrected chi connectivity index (χ0v) is 11.4. The molecule has 0 aliphatic rings. The number of hydrogen-bond donors (Lipinski definition) is 2. The summed E-state index contributed by atoms with van der Waals surface area (Å²) in [7, 11) is 0. The van der Waals surface area contributed by atoms with Crippen LogP contribution in [0.15, 0.2) is 35.1 Å². The first-order chi connectivity index (χ1) is 9.24. The molecule has 0 radical (unpaired) electrons. The molecule has 1 aromatic carbocycles. The van der Waals surface area contributed by atoms with Crippen LogP contribution in [-0.2, 0) is 6.42 Å². The van der Waals surface area contributed by atoms with E-state index < -0.39 is 0 Å². The molecule has 0 aliphatic carbocycles. The fourth-order valence-corrected chi connectivity index (χ4v) is 1.80. The van der Waals surface area contributed by atoms with E-state index in [-0.39, 0.29) is 0 Å². The quantitative estimate of drug-likeness (QED) is 0.663. The molecule has 3 N–H and O–H groups in total. The number of aromatic nitrogens is 2.